The number of hydrogen-bond acceptors (Lipinski definition) is 5. The first-order chi connectivity index (χ1) is 19.4. The van der Waals surface area contributed by atoms with Crippen molar-refractivity contribution < 1.29 is 29.6 Å². The molecule has 5 rings (SSSR count). The highest BCUT2D eigenvalue weighted by molar-refractivity contribution is 6.45. The Labute approximate surface area is 251 Å². The Morgan fingerprint density at radius 2 is 1.88 bits per heavy atom. The number of carboxylic acid groups (broad SMARTS) is 1. The van der Waals surface area contributed by atoms with Crippen molar-refractivity contribution in [3.8, 4) is 23.8 Å². The summed E-state index contributed by atoms with van der Waals surface area (Å²) in [6.45, 7) is 7.13. The van der Waals surface area contributed by atoms with E-state index >= 15 is 0 Å². The molecule has 6 nitrogen and oxygen atoms in total. The van der Waals surface area contributed by atoms with Crippen LogP contribution >= 0.6 is 23.2 Å². The zero-order valence-electron chi connectivity index (χ0n) is 23.4. The van der Waals surface area contributed by atoms with Crippen LogP contribution in [0.4, 0.5) is 0 Å². The van der Waals surface area contributed by atoms with Crippen LogP contribution in [-0.4, -0.2) is 39.3 Å². The molecule has 0 radical (unpaired) electrons. The summed E-state index contributed by atoms with van der Waals surface area (Å²) < 4.78 is 4.95. The van der Waals surface area contributed by atoms with Gasteiger partial charge in [-0.1, -0.05) is 55.6 Å². The summed E-state index contributed by atoms with van der Waals surface area (Å²) in [6, 6.07) is 8.72. The lowest BCUT2D eigenvalue weighted by Crippen LogP contribution is -2.50. The predicted octanol–water partition coefficient (Wildman–Crippen LogP) is 7.22. The number of ketones is 1. The number of hydrogen-bond donors (Lipinski definition) is 3. The zero-order valence-corrected chi connectivity index (χ0v) is 24.9. The lowest BCUT2D eigenvalue weighted by molar-refractivity contribution is -0.139. The fourth-order valence-corrected chi connectivity index (χ4v) is 7.59. The number of Topliss-reactive ketones (excluding diaryl/α,β-unsaturated/α-hetero) is 1. The normalized spacial score (nSPS) is 27.7. The van der Waals surface area contributed by atoms with Crippen LogP contribution in [0, 0.1) is 29.6 Å². The lowest BCUT2D eigenvalue weighted by Gasteiger charge is -2.52. The Balaban J connectivity index is 0.000000192. The van der Waals surface area contributed by atoms with E-state index in [0.29, 0.717) is 35.5 Å². The molecular formula is C33H36Cl2O6. The molecule has 2 saturated carbocycles. The number of fused-ring (bicyclic) bond motifs is 5. The number of terminal acetylenes is 1. The van der Waals surface area contributed by atoms with E-state index in [4.69, 9.17) is 39.5 Å². The number of aryl methyl sites for hydroxylation is 1. The maximum atomic E-state index is 11.9. The maximum absolute atomic E-state index is 11.9. The van der Waals surface area contributed by atoms with Gasteiger partial charge in [0.25, 0.3) is 0 Å². The number of allylic oxidation sites excluding steroid dienone is 1. The van der Waals surface area contributed by atoms with Crippen molar-refractivity contribution in [2.24, 2.45) is 17.3 Å². The Morgan fingerprint density at radius 1 is 1.15 bits per heavy atom. The largest absolute Gasteiger partial charge is 0.508 e. The number of ether oxygens (including phenoxy) is 1. The van der Waals surface area contributed by atoms with Gasteiger partial charge in [-0.25, -0.2) is 4.79 Å². The number of halogens is 2. The van der Waals surface area contributed by atoms with Gasteiger partial charge < -0.3 is 20.1 Å². The maximum Gasteiger partial charge on any atom is 0.341 e. The van der Waals surface area contributed by atoms with Gasteiger partial charge in [-0.2, -0.15) is 0 Å². The van der Waals surface area contributed by atoms with Crippen LogP contribution in [0.1, 0.15) is 79.8 Å². The van der Waals surface area contributed by atoms with Crippen molar-refractivity contribution in [3.63, 3.8) is 0 Å². The Kier molecular flexibility index (Phi) is 9.13. The molecule has 2 aromatic rings. The molecule has 8 heteroatoms. The summed E-state index contributed by atoms with van der Waals surface area (Å²) in [6.07, 6.45) is 12.3. The number of aliphatic hydroxyl groups is 1. The standard InChI is InChI=1S/C20H24O2.C13H12Cl2O4/c1-3-20(22)11-9-18-17-6-4-13-12-14(21)5-7-15(13)16(17)8-10-19(18,20)2;1-3-7(2)13(18)8-4-5-9(12(15)11(8)14)19-6-10(16)17/h1,5,7,12,16-18,21-22H,4,6,8-11H2,2H3;4-5H,2-3,6H2,1H3,(H,16,17)/t16-,17-,18+,19+,20+;/m1./s1. The molecule has 0 saturated heterocycles. The zero-order chi connectivity index (χ0) is 30.1. The average Bonchev–Trinajstić information content (AvgIpc) is 3.23. The first kappa shape index (κ1) is 31.0. The van der Waals surface area contributed by atoms with E-state index in [1.54, 1.807) is 6.92 Å². The smallest absolute Gasteiger partial charge is 0.341 e. The molecule has 41 heavy (non-hydrogen) atoms. The van der Waals surface area contributed by atoms with Gasteiger partial charge in [0.2, 0.25) is 0 Å². The quantitative estimate of drug-likeness (QED) is 0.184. The lowest BCUT2D eigenvalue weighted by atomic mass is 9.53. The molecule has 0 aliphatic heterocycles. The molecule has 3 N–H and O–H groups in total. The SMILES string of the molecule is C#C[C@]1(O)CC[C@H]2[C@@H]3CCc4cc(O)ccc4[C@H]3CC[C@@]21C.C=C(CC)C(=O)c1ccc(OCC(=O)O)c(Cl)c1Cl. The van der Waals surface area contributed by atoms with Gasteiger partial charge in [-0.05, 0) is 104 Å². The first-order valence-corrected chi connectivity index (χ1v) is 14.7. The monoisotopic (exact) mass is 598 g/mol. The number of rotatable bonds is 6. The Morgan fingerprint density at radius 3 is 2.54 bits per heavy atom. The fourth-order valence-electron chi connectivity index (χ4n) is 7.13. The minimum absolute atomic E-state index is 0.0117. The second kappa shape index (κ2) is 12.1. The van der Waals surface area contributed by atoms with Crippen LogP contribution in [0.3, 0.4) is 0 Å². The van der Waals surface area contributed by atoms with Crippen LogP contribution in [0.15, 0.2) is 42.5 Å². The van der Waals surface area contributed by atoms with Crippen molar-refractivity contribution in [3.05, 3.63) is 69.2 Å². The number of carboxylic acids is 1. The number of benzene rings is 2. The number of aromatic hydroxyl groups is 1. The molecule has 2 fully saturated rings. The van der Waals surface area contributed by atoms with Crippen LogP contribution in [0.25, 0.3) is 0 Å². The molecule has 0 heterocycles. The van der Waals surface area contributed by atoms with Crippen LogP contribution in [0.5, 0.6) is 11.5 Å². The van der Waals surface area contributed by atoms with Gasteiger partial charge in [0, 0.05) is 11.0 Å². The van der Waals surface area contributed by atoms with Gasteiger partial charge in [0.15, 0.2) is 12.4 Å². The minimum Gasteiger partial charge on any atom is -0.508 e. The van der Waals surface area contributed by atoms with E-state index in [-0.39, 0.29) is 32.6 Å². The summed E-state index contributed by atoms with van der Waals surface area (Å²) in [7, 11) is 0. The topological polar surface area (TPSA) is 104 Å². The van der Waals surface area contributed by atoms with Crippen LogP contribution in [-0.2, 0) is 11.2 Å². The minimum atomic E-state index is -1.13. The summed E-state index contributed by atoms with van der Waals surface area (Å²) in [5, 5.41) is 29.2. The van der Waals surface area contributed by atoms with Gasteiger partial charge in [0.1, 0.15) is 22.1 Å². The highest BCUT2D eigenvalue weighted by Gasteiger charge is 2.61. The third-order valence-corrected chi connectivity index (χ3v) is 10.4. The van der Waals surface area contributed by atoms with Crippen molar-refractivity contribution in [2.75, 3.05) is 6.61 Å². The molecular weight excluding hydrogens is 563 g/mol. The predicted molar refractivity (Wildman–Crippen MR) is 160 cm³/mol. The third kappa shape index (κ3) is 5.73. The van der Waals surface area contributed by atoms with Gasteiger partial charge in [0.05, 0.1) is 5.02 Å². The van der Waals surface area contributed by atoms with Crippen molar-refractivity contribution >= 4 is 35.0 Å². The van der Waals surface area contributed by atoms with Crippen LogP contribution < -0.4 is 4.74 Å². The van der Waals surface area contributed by atoms with E-state index in [0.717, 1.165) is 38.5 Å². The Hall–Kier alpha value is -2.98. The molecule has 0 aromatic heterocycles. The summed E-state index contributed by atoms with van der Waals surface area (Å²) in [4.78, 5) is 22.4. The van der Waals surface area contributed by atoms with Crippen molar-refractivity contribution in [1.82, 2.24) is 0 Å². The van der Waals surface area contributed by atoms with Gasteiger partial charge in [-0.3, -0.25) is 4.79 Å². The highest BCUT2D eigenvalue weighted by Crippen LogP contribution is 2.64. The molecule has 0 unspecified atom stereocenters. The van der Waals surface area contributed by atoms with E-state index in [1.165, 1.54) is 23.3 Å². The number of carbonyl (C=O) groups excluding carboxylic acids is 1. The van der Waals surface area contributed by atoms with Crippen molar-refractivity contribution in [2.45, 2.75) is 70.3 Å². The van der Waals surface area contributed by atoms with E-state index < -0.39 is 18.2 Å². The molecule has 3 aliphatic rings. The number of phenolic OH excluding ortho intramolecular Hbond substituents is 1. The fraction of sp³-hybridized carbons (Fsp3) is 0.455. The van der Waals surface area contributed by atoms with Gasteiger partial charge in [-0.15, -0.1) is 6.42 Å². The second-order valence-corrected chi connectivity index (χ2v) is 12.3. The van der Waals surface area contributed by atoms with E-state index in [9.17, 15) is 19.8 Å². The molecule has 5 atom stereocenters. The highest BCUT2D eigenvalue weighted by atomic mass is 35.5. The molecule has 3 aliphatic carbocycles. The van der Waals surface area contributed by atoms with Crippen LogP contribution in [0.2, 0.25) is 10.0 Å². The van der Waals surface area contributed by atoms with E-state index in [1.807, 2.05) is 12.1 Å². The molecule has 0 bridgehead atoms. The molecule has 0 spiro atoms. The average molecular weight is 600 g/mol. The van der Waals surface area contributed by atoms with E-state index in [2.05, 4.69) is 25.5 Å². The molecule has 2 aromatic carbocycles. The molecule has 218 valence electrons. The number of phenols is 1. The first-order valence-electron chi connectivity index (χ1n) is 13.9. The molecule has 0 amide bonds. The summed E-state index contributed by atoms with van der Waals surface area (Å²) in [5.41, 5.74) is 2.33. The summed E-state index contributed by atoms with van der Waals surface area (Å²) in [5.74, 6) is 3.51. The van der Waals surface area contributed by atoms with Crippen molar-refractivity contribution in [1.29, 1.82) is 0 Å². The summed E-state index contributed by atoms with van der Waals surface area (Å²) >= 11 is 11.9. The number of aliphatic carboxylic acids is 1. The van der Waals surface area contributed by atoms with Gasteiger partial charge >= 0.3 is 5.97 Å². The number of carbonyl (C=O) groups is 2. The third-order valence-electron chi connectivity index (χ3n) is 9.49. The Bertz CT molecular complexity index is 1410. The second-order valence-electron chi connectivity index (χ2n) is 11.5.